The van der Waals surface area contributed by atoms with E-state index in [4.69, 9.17) is 23.2 Å². The molecule has 0 fully saturated rings. The van der Waals surface area contributed by atoms with E-state index in [0.29, 0.717) is 27.9 Å². The number of halogens is 3. The van der Waals surface area contributed by atoms with Crippen LogP contribution in [0.3, 0.4) is 0 Å². The maximum atomic E-state index is 14.2. The summed E-state index contributed by atoms with van der Waals surface area (Å²) in [5.41, 5.74) is 1.24. The van der Waals surface area contributed by atoms with E-state index in [1.165, 1.54) is 22.7 Å². The molecule has 0 heterocycles. The molecule has 1 N–H and O–H groups in total. The molecule has 1 unspecified atom stereocenters. The number of nitrogens with one attached hydrogen (secondary N) is 1. The van der Waals surface area contributed by atoms with Crippen LogP contribution in [-0.2, 0) is 21.9 Å². The molecule has 0 aliphatic heterocycles. The molecule has 8 heteroatoms. The van der Waals surface area contributed by atoms with Crippen molar-refractivity contribution in [3.63, 3.8) is 0 Å². The largest absolute Gasteiger partial charge is 0.354 e. The summed E-state index contributed by atoms with van der Waals surface area (Å²) in [6.45, 7) is 4.27. The molecule has 2 amide bonds. The average molecular weight is 485 g/mol. The van der Waals surface area contributed by atoms with E-state index in [-0.39, 0.29) is 24.1 Å². The number of hydrogen-bond acceptors (Lipinski definition) is 3. The zero-order valence-electron chi connectivity index (χ0n) is 17.7. The van der Waals surface area contributed by atoms with Gasteiger partial charge in [0, 0.05) is 34.5 Å². The van der Waals surface area contributed by atoms with Crippen LogP contribution in [0.2, 0.25) is 10.0 Å². The zero-order chi connectivity index (χ0) is 22.8. The molecule has 0 spiro atoms. The smallest absolute Gasteiger partial charge is 0.242 e. The highest BCUT2D eigenvalue weighted by atomic mass is 35.5. The lowest BCUT2D eigenvalue weighted by Crippen LogP contribution is -2.48. The molecule has 0 radical (unpaired) electrons. The average Bonchev–Trinajstić information content (AvgIpc) is 2.74. The van der Waals surface area contributed by atoms with E-state index >= 15 is 0 Å². The van der Waals surface area contributed by atoms with E-state index in [1.807, 2.05) is 13.0 Å². The maximum absolute atomic E-state index is 14.2. The fourth-order valence-electron chi connectivity index (χ4n) is 2.90. The lowest BCUT2D eigenvalue weighted by atomic mass is 10.1. The van der Waals surface area contributed by atoms with Crippen molar-refractivity contribution in [3.8, 4) is 0 Å². The quantitative estimate of drug-likeness (QED) is 0.416. The molecule has 0 saturated heterocycles. The summed E-state index contributed by atoms with van der Waals surface area (Å²) < 4.78 is 14.2. The number of carbonyl (C=O) groups is 2. The van der Waals surface area contributed by atoms with Gasteiger partial charge in [0.05, 0.1) is 5.75 Å². The highest BCUT2D eigenvalue weighted by Gasteiger charge is 2.26. The van der Waals surface area contributed by atoms with Gasteiger partial charge < -0.3 is 10.2 Å². The fourth-order valence-corrected chi connectivity index (χ4v) is 4.37. The summed E-state index contributed by atoms with van der Waals surface area (Å²) in [4.78, 5) is 27.0. The zero-order valence-corrected chi connectivity index (χ0v) is 20.0. The predicted octanol–water partition coefficient (Wildman–Crippen LogP) is 5.70. The van der Waals surface area contributed by atoms with Crippen LogP contribution in [-0.4, -0.2) is 35.1 Å². The Morgan fingerprint density at radius 2 is 1.90 bits per heavy atom. The van der Waals surface area contributed by atoms with Crippen LogP contribution in [0, 0.1) is 5.82 Å². The Balaban J connectivity index is 2.07. The fraction of sp³-hybridized carbons (Fsp3) is 0.391. The Labute approximate surface area is 197 Å². The summed E-state index contributed by atoms with van der Waals surface area (Å²) in [6.07, 6.45) is 1.81. The Hall–Kier alpha value is -1.76. The number of hydrogen-bond donors (Lipinski definition) is 1. The van der Waals surface area contributed by atoms with Gasteiger partial charge in [-0.3, -0.25) is 9.59 Å². The molecule has 168 valence electrons. The Kier molecular flexibility index (Phi) is 10.6. The first-order valence-corrected chi connectivity index (χ1v) is 12.1. The molecule has 4 nitrogen and oxygen atoms in total. The lowest BCUT2D eigenvalue weighted by molar-refractivity contribution is -0.138. The molecule has 31 heavy (non-hydrogen) atoms. The summed E-state index contributed by atoms with van der Waals surface area (Å²) in [5.74, 6) is -0.230. The number of amides is 2. The van der Waals surface area contributed by atoms with Crippen LogP contribution >= 0.6 is 35.0 Å². The van der Waals surface area contributed by atoms with Crippen molar-refractivity contribution in [1.29, 1.82) is 0 Å². The number of carbonyl (C=O) groups excluding carboxylic acids is 2. The topological polar surface area (TPSA) is 49.4 Å². The van der Waals surface area contributed by atoms with Gasteiger partial charge >= 0.3 is 0 Å². The highest BCUT2D eigenvalue weighted by Crippen LogP contribution is 2.25. The van der Waals surface area contributed by atoms with E-state index in [9.17, 15) is 14.0 Å². The van der Waals surface area contributed by atoms with Gasteiger partial charge in [-0.2, -0.15) is 0 Å². The van der Waals surface area contributed by atoms with Gasteiger partial charge in [-0.15, -0.1) is 11.8 Å². The molecule has 1 atom stereocenters. The second kappa shape index (κ2) is 12.9. The second-order valence-corrected chi connectivity index (χ2v) is 8.99. The molecule has 0 saturated carbocycles. The van der Waals surface area contributed by atoms with Gasteiger partial charge in [-0.25, -0.2) is 4.39 Å². The highest BCUT2D eigenvalue weighted by molar-refractivity contribution is 7.99. The Morgan fingerprint density at radius 3 is 2.58 bits per heavy atom. The van der Waals surface area contributed by atoms with Crippen LogP contribution in [0.25, 0.3) is 0 Å². The lowest BCUT2D eigenvalue weighted by Gasteiger charge is -2.29. The van der Waals surface area contributed by atoms with Gasteiger partial charge in [0.15, 0.2) is 0 Å². The third kappa shape index (κ3) is 8.02. The first kappa shape index (κ1) is 25.5. The normalized spacial score (nSPS) is 11.8. The van der Waals surface area contributed by atoms with Gasteiger partial charge in [0.1, 0.15) is 11.9 Å². The van der Waals surface area contributed by atoms with Crippen LogP contribution < -0.4 is 5.32 Å². The Morgan fingerprint density at radius 1 is 1.16 bits per heavy atom. The standard InChI is InChI=1S/C23H27Cl2FN2O2S/c1-3-4-11-27-23(30)16(2)28(13-17-7-5-6-8-21(17)26)22(29)15-31-14-18-9-10-19(24)12-20(18)25/h5-10,12,16H,3-4,11,13-15H2,1-2H3,(H,27,30). The number of thioether (sulfide) groups is 1. The summed E-state index contributed by atoms with van der Waals surface area (Å²) >= 11 is 13.5. The van der Waals surface area contributed by atoms with E-state index in [0.717, 1.165) is 18.4 Å². The van der Waals surface area contributed by atoms with Crippen LogP contribution in [0.5, 0.6) is 0 Å². The second-order valence-electron chi connectivity index (χ2n) is 7.16. The first-order chi connectivity index (χ1) is 14.8. The number of benzene rings is 2. The SMILES string of the molecule is CCCCNC(=O)C(C)N(Cc1ccccc1F)C(=O)CSCc1ccc(Cl)cc1Cl. The number of rotatable bonds is 11. The minimum absolute atomic E-state index is 0.0239. The van der Waals surface area contributed by atoms with Crippen molar-refractivity contribution >= 4 is 46.8 Å². The molecule has 0 aliphatic rings. The molecule has 0 aromatic heterocycles. The molecular weight excluding hydrogens is 458 g/mol. The van der Waals surface area contributed by atoms with Gasteiger partial charge in [-0.05, 0) is 37.1 Å². The van der Waals surface area contributed by atoms with Crippen LogP contribution in [0.15, 0.2) is 42.5 Å². The van der Waals surface area contributed by atoms with Crippen molar-refractivity contribution in [3.05, 3.63) is 69.5 Å². The molecule has 2 aromatic carbocycles. The summed E-state index contributed by atoms with van der Waals surface area (Å²) in [7, 11) is 0. The maximum Gasteiger partial charge on any atom is 0.242 e. The van der Waals surface area contributed by atoms with E-state index in [1.54, 1.807) is 37.3 Å². The van der Waals surface area contributed by atoms with E-state index < -0.39 is 11.9 Å². The number of nitrogens with zero attached hydrogens (tertiary/aromatic N) is 1. The van der Waals surface area contributed by atoms with E-state index in [2.05, 4.69) is 5.32 Å². The van der Waals surface area contributed by atoms with Crippen LogP contribution in [0.4, 0.5) is 4.39 Å². The minimum Gasteiger partial charge on any atom is -0.354 e. The molecule has 0 aliphatic carbocycles. The third-order valence-corrected chi connectivity index (χ3v) is 6.35. The monoisotopic (exact) mass is 484 g/mol. The predicted molar refractivity (Wildman–Crippen MR) is 127 cm³/mol. The van der Waals surface area contributed by atoms with Crippen molar-refractivity contribution in [2.24, 2.45) is 0 Å². The van der Waals surface area contributed by atoms with Crippen molar-refractivity contribution in [2.75, 3.05) is 12.3 Å². The Bertz CT molecular complexity index is 898. The molecular formula is C23H27Cl2FN2O2S. The van der Waals surface area contributed by atoms with Crippen molar-refractivity contribution < 1.29 is 14.0 Å². The molecule has 0 bridgehead atoms. The first-order valence-electron chi connectivity index (χ1n) is 10.2. The van der Waals surface area contributed by atoms with Gasteiger partial charge in [0.2, 0.25) is 11.8 Å². The van der Waals surface area contributed by atoms with Crippen LogP contribution in [0.1, 0.15) is 37.8 Å². The summed E-state index contributed by atoms with van der Waals surface area (Å²) in [5, 5.41) is 3.94. The molecule has 2 rings (SSSR count). The molecule has 2 aromatic rings. The minimum atomic E-state index is -0.719. The van der Waals surface area contributed by atoms with Gasteiger partial charge in [0.25, 0.3) is 0 Å². The third-order valence-electron chi connectivity index (χ3n) is 4.79. The van der Waals surface area contributed by atoms with Crippen molar-refractivity contribution in [2.45, 2.75) is 45.0 Å². The number of unbranched alkanes of at least 4 members (excludes halogenated alkanes) is 1. The van der Waals surface area contributed by atoms with Gasteiger partial charge in [-0.1, -0.05) is 60.8 Å². The van der Waals surface area contributed by atoms with Crippen molar-refractivity contribution in [1.82, 2.24) is 10.2 Å². The summed E-state index contributed by atoms with van der Waals surface area (Å²) in [6, 6.07) is 10.8.